The second-order valence-corrected chi connectivity index (χ2v) is 5.72. The fourth-order valence-electron chi connectivity index (χ4n) is 2.27. The lowest BCUT2D eigenvalue weighted by Crippen LogP contribution is -2.39. The van der Waals surface area contributed by atoms with Gasteiger partial charge in [-0.25, -0.2) is 0 Å². The number of hydrogen-bond donors (Lipinski definition) is 1. The Labute approximate surface area is 126 Å². The number of nitrogens with one attached hydrogen (secondary N) is 1. The molecule has 1 unspecified atom stereocenters. The van der Waals surface area contributed by atoms with Crippen LogP contribution < -0.4 is 10.1 Å². The summed E-state index contributed by atoms with van der Waals surface area (Å²) in [6.45, 7) is 2.37. The Bertz CT molecular complexity index is 533. The Morgan fingerprint density at radius 1 is 1.45 bits per heavy atom. The van der Waals surface area contributed by atoms with E-state index in [1.54, 1.807) is 12.0 Å². The first kappa shape index (κ1) is 14.8. The summed E-state index contributed by atoms with van der Waals surface area (Å²) in [5.74, 6) is 0.566. The van der Waals surface area contributed by atoms with Gasteiger partial charge >= 0.3 is 0 Å². The Hall–Kier alpha value is -1.56. The fourth-order valence-corrected chi connectivity index (χ4v) is 2.68. The van der Waals surface area contributed by atoms with Crippen molar-refractivity contribution in [3.8, 4) is 5.75 Å². The van der Waals surface area contributed by atoms with Crippen molar-refractivity contribution in [1.29, 1.82) is 0 Å². The predicted octanol–water partition coefficient (Wildman–Crippen LogP) is 1.69. The lowest BCUT2D eigenvalue weighted by Gasteiger charge is -2.27. The molecule has 108 valence electrons. The largest absolute Gasteiger partial charge is 0.496 e. The average molecular weight is 341 g/mol. The molecule has 1 aliphatic heterocycles. The van der Waals surface area contributed by atoms with Crippen LogP contribution in [0.3, 0.4) is 0 Å². The van der Waals surface area contributed by atoms with Gasteiger partial charge in [0.25, 0.3) is 0 Å². The van der Waals surface area contributed by atoms with E-state index in [1.165, 1.54) is 0 Å². The highest BCUT2D eigenvalue weighted by atomic mass is 79.9. The first-order chi connectivity index (χ1) is 9.51. The SMILES string of the molecule is COc1ccc(Br)cc1CN1C(=O)CNC(=O)CC1C. The van der Waals surface area contributed by atoms with E-state index in [1.807, 2.05) is 25.1 Å². The molecule has 1 atom stereocenters. The molecule has 1 aromatic rings. The zero-order valence-electron chi connectivity index (χ0n) is 11.5. The van der Waals surface area contributed by atoms with Gasteiger partial charge in [-0.05, 0) is 25.1 Å². The molecule has 0 saturated carbocycles. The highest BCUT2D eigenvalue weighted by Crippen LogP contribution is 2.25. The number of ether oxygens (including phenoxy) is 1. The van der Waals surface area contributed by atoms with Gasteiger partial charge < -0.3 is 15.0 Å². The number of amides is 2. The lowest BCUT2D eigenvalue weighted by atomic mass is 10.1. The number of carbonyl (C=O) groups excluding carboxylic acids is 2. The van der Waals surface area contributed by atoms with Crippen LogP contribution in [0.5, 0.6) is 5.75 Å². The summed E-state index contributed by atoms with van der Waals surface area (Å²) in [7, 11) is 1.60. The van der Waals surface area contributed by atoms with E-state index in [0.29, 0.717) is 13.0 Å². The van der Waals surface area contributed by atoms with Crippen molar-refractivity contribution in [3.63, 3.8) is 0 Å². The van der Waals surface area contributed by atoms with Crippen molar-refractivity contribution >= 4 is 27.7 Å². The van der Waals surface area contributed by atoms with Crippen LogP contribution in [-0.4, -0.2) is 36.4 Å². The van der Waals surface area contributed by atoms with E-state index in [9.17, 15) is 9.59 Å². The average Bonchev–Trinajstić information content (AvgIpc) is 2.52. The van der Waals surface area contributed by atoms with Crippen molar-refractivity contribution in [1.82, 2.24) is 10.2 Å². The third-order valence-electron chi connectivity index (χ3n) is 3.35. The molecule has 1 fully saturated rings. The van der Waals surface area contributed by atoms with E-state index in [-0.39, 0.29) is 24.4 Å². The number of benzene rings is 1. The summed E-state index contributed by atoms with van der Waals surface area (Å²) < 4.78 is 6.25. The molecular weight excluding hydrogens is 324 g/mol. The Kier molecular flexibility index (Phi) is 4.65. The molecule has 5 nitrogen and oxygen atoms in total. The number of hydrogen-bond acceptors (Lipinski definition) is 3. The second-order valence-electron chi connectivity index (χ2n) is 4.81. The van der Waals surface area contributed by atoms with E-state index >= 15 is 0 Å². The van der Waals surface area contributed by atoms with Crippen molar-refractivity contribution < 1.29 is 14.3 Å². The van der Waals surface area contributed by atoms with Gasteiger partial charge in [0.2, 0.25) is 11.8 Å². The molecule has 2 amide bonds. The van der Waals surface area contributed by atoms with Gasteiger partial charge in [-0.1, -0.05) is 15.9 Å². The van der Waals surface area contributed by atoms with Crippen molar-refractivity contribution in [2.75, 3.05) is 13.7 Å². The van der Waals surface area contributed by atoms with Crippen molar-refractivity contribution in [3.05, 3.63) is 28.2 Å². The second kappa shape index (κ2) is 6.26. The number of methoxy groups -OCH3 is 1. The summed E-state index contributed by atoms with van der Waals surface area (Å²) in [6.07, 6.45) is 0.321. The number of nitrogens with zero attached hydrogens (tertiary/aromatic N) is 1. The van der Waals surface area contributed by atoms with Crippen LogP contribution in [0.25, 0.3) is 0 Å². The molecule has 1 heterocycles. The van der Waals surface area contributed by atoms with Gasteiger partial charge in [0.15, 0.2) is 0 Å². The van der Waals surface area contributed by atoms with E-state index in [0.717, 1.165) is 15.8 Å². The van der Waals surface area contributed by atoms with Crippen LogP contribution in [-0.2, 0) is 16.1 Å². The maximum atomic E-state index is 12.1. The maximum Gasteiger partial charge on any atom is 0.242 e. The molecule has 0 radical (unpaired) electrons. The third kappa shape index (κ3) is 3.30. The van der Waals surface area contributed by atoms with Crippen LogP contribution in [0.1, 0.15) is 18.9 Å². The van der Waals surface area contributed by atoms with Crippen LogP contribution in [0.4, 0.5) is 0 Å². The smallest absolute Gasteiger partial charge is 0.242 e. The molecule has 0 spiro atoms. The number of carbonyl (C=O) groups is 2. The van der Waals surface area contributed by atoms with Gasteiger partial charge in [-0.15, -0.1) is 0 Å². The van der Waals surface area contributed by atoms with Crippen LogP contribution in [0.2, 0.25) is 0 Å². The highest BCUT2D eigenvalue weighted by Gasteiger charge is 2.27. The molecule has 1 aromatic carbocycles. The minimum Gasteiger partial charge on any atom is -0.496 e. The predicted molar refractivity (Wildman–Crippen MR) is 78.3 cm³/mol. The molecule has 1 saturated heterocycles. The lowest BCUT2D eigenvalue weighted by molar-refractivity contribution is -0.132. The Morgan fingerprint density at radius 3 is 2.90 bits per heavy atom. The molecule has 0 bridgehead atoms. The standard InChI is InChI=1S/C14H17BrN2O3/c1-9-5-13(18)16-7-14(19)17(9)8-10-6-11(15)3-4-12(10)20-2/h3-4,6,9H,5,7-8H2,1-2H3,(H,16,18). The zero-order valence-corrected chi connectivity index (χ0v) is 13.1. The van der Waals surface area contributed by atoms with E-state index < -0.39 is 0 Å². The topological polar surface area (TPSA) is 58.6 Å². The minimum atomic E-state index is -0.131. The first-order valence-corrected chi connectivity index (χ1v) is 7.19. The minimum absolute atomic E-state index is 0.0551. The molecule has 20 heavy (non-hydrogen) atoms. The number of rotatable bonds is 3. The Balaban J connectivity index is 2.25. The van der Waals surface area contributed by atoms with Gasteiger partial charge in [0.05, 0.1) is 13.7 Å². The first-order valence-electron chi connectivity index (χ1n) is 6.40. The molecular formula is C14H17BrN2O3. The van der Waals surface area contributed by atoms with Gasteiger partial charge in [-0.3, -0.25) is 9.59 Å². The zero-order chi connectivity index (χ0) is 14.7. The van der Waals surface area contributed by atoms with Crippen LogP contribution in [0.15, 0.2) is 22.7 Å². The summed E-state index contributed by atoms with van der Waals surface area (Å²) in [5, 5.41) is 2.61. The van der Waals surface area contributed by atoms with Gasteiger partial charge in [-0.2, -0.15) is 0 Å². The summed E-state index contributed by atoms with van der Waals surface area (Å²) in [5.41, 5.74) is 0.913. The van der Waals surface area contributed by atoms with Crippen LogP contribution >= 0.6 is 15.9 Å². The third-order valence-corrected chi connectivity index (χ3v) is 3.85. The maximum absolute atomic E-state index is 12.1. The fraction of sp³-hybridized carbons (Fsp3) is 0.429. The van der Waals surface area contributed by atoms with Crippen LogP contribution in [0, 0.1) is 0 Å². The summed E-state index contributed by atoms with van der Waals surface area (Å²) >= 11 is 3.42. The normalized spacial score (nSPS) is 19.6. The van der Waals surface area contributed by atoms with Crippen molar-refractivity contribution in [2.45, 2.75) is 25.9 Å². The molecule has 1 N–H and O–H groups in total. The monoisotopic (exact) mass is 340 g/mol. The van der Waals surface area contributed by atoms with Gasteiger partial charge in [0, 0.05) is 29.0 Å². The number of halogens is 1. The highest BCUT2D eigenvalue weighted by molar-refractivity contribution is 9.10. The Morgan fingerprint density at radius 2 is 2.20 bits per heavy atom. The molecule has 6 heteroatoms. The quantitative estimate of drug-likeness (QED) is 0.910. The van der Waals surface area contributed by atoms with E-state index in [4.69, 9.17) is 4.74 Å². The summed E-state index contributed by atoms with van der Waals surface area (Å²) in [4.78, 5) is 25.3. The molecule has 1 aliphatic rings. The van der Waals surface area contributed by atoms with Gasteiger partial charge in [0.1, 0.15) is 5.75 Å². The van der Waals surface area contributed by atoms with Crippen molar-refractivity contribution in [2.24, 2.45) is 0 Å². The molecule has 0 aliphatic carbocycles. The molecule has 2 rings (SSSR count). The molecule has 0 aromatic heterocycles. The van der Waals surface area contributed by atoms with E-state index in [2.05, 4.69) is 21.2 Å². The summed E-state index contributed by atoms with van der Waals surface area (Å²) in [6, 6.07) is 5.55.